The number of hydrogen-bond acceptors (Lipinski definition) is 0. The SMILES string of the molecule is C[C@@H]1C=c2c(-c3cccc4ccccc34)c3cc(Br)ccc3c(-c3cccc4c3=CCCC=4)c2=CC1. The summed E-state index contributed by atoms with van der Waals surface area (Å²) in [6.45, 7) is 2.34. The third-order valence-electron chi connectivity index (χ3n) is 7.84. The molecule has 0 aliphatic heterocycles. The van der Waals surface area contributed by atoms with Gasteiger partial charge in [0.2, 0.25) is 0 Å². The highest BCUT2D eigenvalue weighted by Crippen LogP contribution is 2.36. The molecule has 174 valence electrons. The van der Waals surface area contributed by atoms with Gasteiger partial charge in [0.05, 0.1) is 0 Å². The Balaban J connectivity index is 1.73. The van der Waals surface area contributed by atoms with E-state index in [4.69, 9.17) is 0 Å². The van der Waals surface area contributed by atoms with Crippen molar-refractivity contribution in [1.82, 2.24) is 0 Å². The Kier molecular flexibility index (Phi) is 5.22. The summed E-state index contributed by atoms with van der Waals surface area (Å²) >= 11 is 3.81. The minimum Gasteiger partial charge on any atom is -0.0763 e. The lowest BCUT2D eigenvalue weighted by Crippen LogP contribution is -2.36. The molecular formula is C35H27Br. The van der Waals surface area contributed by atoms with Crippen molar-refractivity contribution in [3.05, 3.63) is 104 Å². The molecule has 0 saturated heterocycles. The van der Waals surface area contributed by atoms with Gasteiger partial charge in [-0.3, -0.25) is 0 Å². The quantitative estimate of drug-likeness (QED) is 0.231. The number of fused-ring (bicyclic) bond motifs is 4. The molecule has 0 radical (unpaired) electrons. The molecule has 0 heterocycles. The van der Waals surface area contributed by atoms with Crippen molar-refractivity contribution >= 4 is 61.8 Å². The highest BCUT2D eigenvalue weighted by Gasteiger charge is 2.19. The number of halogens is 1. The second-order valence-electron chi connectivity index (χ2n) is 10.2. The molecule has 0 aromatic heterocycles. The summed E-state index contributed by atoms with van der Waals surface area (Å²) in [6.07, 6.45) is 13.2. The summed E-state index contributed by atoms with van der Waals surface area (Å²) in [5.74, 6) is 0.508. The van der Waals surface area contributed by atoms with Gasteiger partial charge in [0, 0.05) is 4.47 Å². The Hall–Kier alpha value is -3.42. The Morgan fingerprint density at radius 2 is 1.42 bits per heavy atom. The van der Waals surface area contributed by atoms with Crippen LogP contribution in [0.15, 0.2) is 83.3 Å². The summed E-state index contributed by atoms with van der Waals surface area (Å²) in [5.41, 5.74) is 5.40. The Morgan fingerprint density at radius 1 is 0.639 bits per heavy atom. The minimum atomic E-state index is 0.508. The standard InChI is InChI=1S/C35H27Br/c1-22-16-18-30-32(20-22)35(29-15-7-11-24-9-3-5-13-27(24)29)33-21-25(36)17-19-31(33)34(30)28-14-6-10-23-8-2-4-12-26(23)28/h3,5-15,17-22H,2,4,16H2,1H3/t22-/m0/s1. The number of rotatable bonds is 2. The van der Waals surface area contributed by atoms with Gasteiger partial charge >= 0.3 is 0 Å². The van der Waals surface area contributed by atoms with Crippen LogP contribution in [-0.2, 0) is 0 Å². The van der Waals surface area contributed by atoms with Gasteiger partial charge in [-0.1, -0.05) is 114 Å². The monoisotopic (exact) mass is 526 g/mol. The molecule has 1 atom stereocenters. The molecule has 0 unspecified atom stereocenters. The van der Waals surface area contributed by atoms with Gasteiger partial charge in [0.15, 0.2) is 0 Å². The van der Waals surface area contributed by atoms with Crippen molar-refractivity contribution in [2.24, 2.45) is 5.92 Å². The maximum absolute atomic E-state index is 3.81. The van der Waals surface area contributed by atoms with Crippen LogP contribution in [0.3, 0.4) is 0 Å². The summed E-state index contributed by atoms with van der Waals surface area (Å²) in [7, 11) is 0. The van der Waals surface area contributed by atoms with Crippen molar-refractivity contribution in [3.8, 4) is 22.3 Å². The summed E-state index contributed by atoms with van der Waals surface area (Å²) in [4.78, 5) is 0. The van der Waals surface area contributed by atoms with E-state index in [0.717, 1.165) is 23.7 Å². The van der Waals surface area contributed by atoms with Crippen LogP contribution in [0.5, 0.6) is 0 Å². The highest BCUT2D eigenvalue weighted by atomic mass is 79.9. The van der Waals surface area contributed by atoms with Gasteiger partial charge in [-0.25, -0.2) is 0 Å². The molecule has 0 bridgehead atoms. The van der Waals surface area contributed by atoms with Crippen LogP contribution in [0.2, 0.25) is 0 Å². The average Bonchev–Trinajstić information content (AvgIpc) is 2.91. The van der Waals surface area contributed by atoms with Gasteiger partial charge in [-0.05, 0) is 102 Å². The van der Waals surface area contributed by atoms with Crippen molar-refractivity contribution in [3.63, 3.8) is 0 Å². The summed E-state index contributed by atoms with van der Waals surface area (Å²) in [5, 5.41) is 10.7. The van der Waals surface area contributed by atoms with Crippen molar-refractivity contribution < 1.29 is 0 Å². The van der Waals surface area contributed by atoms with Crippen LogP contribution in [0, 0.1) is 5.92 Å². The molecular weight excluding hydrogens is 500 g/mol. The molecule has 2 aliphatic carbocycles. The molecule has 0 saturated carbocycles. The molecule has 5 aromatic rings. The van der Waals surface area contributed by atoms with E-state index < -0.39 is 0 Å². The molecule has 0 amide bonds. The third-order valence-corrected chi connectivity index (χ3v) is 8.33. The van der Waals surface area contributed by atoms with Gasteiger partial charge in [-0.15, -0.1) is 0 Å². The zero-order valence-corrected chi connectivity index (χ0v) is 22.0. The van der Waals surface area contributed by atoms with E-state index in [-0.39, 0.29) is 0 Å². The maximum atomic E-state index is 3.81. The largest absolute Gasteiger partial charge is 0.0763 e. The zero-order chi connectivity index (χ0) is 24.2. The molecule has 0 spiro atoms. The fraction of sp³-hybridized carbons (Fsp3) is 0.143. The van der Waals surface area contributed by atoms with Crippen LogP contribution in [-0.4, -0.2) is 0 Å². The van der Waals surface area contributed by atoms with E-state index in [1.807, 2.05) is 0 Å². The first-order valence-electron chi connectivity index (χ1n) is 12.9. The third kappa shape index (κ3) is 3.41. The van der Waals surface area contributed by atoms with Gasteiger partial charge in [0.1, 0.15) is 0 Å². The van der Waals surface area contributed by atoms with Gasteiger partial charge < -0.3 is 0 Å². The molecule has 0 fully saturated rings. The molecule has 0 N–H and O–H groups in total. The fourth-order valence-corrected chi connectivity index (χ4v) is 6.60. The summed E-state index contributed by atoms with van der Waals surface area (Å²) in [6, 6.07) is 29.2. The normalized spacial score (nSPS) is 16.3. The van der Waals surface area contributed by atoms with E-state index in [1.54, 1.807) is 0 Å². The summed E-state index contributed by atoms with van der Waals surface area (Å²) < 4.78 is 1.12. The predicted molar refractivity (Wildman–Crippen MR) is 159 cm³/mol. The first kappa shape index (κ1) is 21.8. The lowest BCUT2D eigenvalue weighted by Gasteiger charge is -2.21. The Bertz CT molecular complexity index is 1940. The van der Waals surface area contributed by atoms with Gasteiger partial charge in [-0.2, -0.15) is 0 Å². The second kappa shape index (κ2) is 8.61. The maximum Gasteiger partial charge on any atom is 0.0181 e. The molecule has 0 nitrogen and oxygen atoms in total. The van der Waals surface area contributed by atoms with Gasteiger partial charge in [0.25, 0.3) is 0 Å². The van der Waals surface area contributed by atoms with Crippen LogP contribution in [0.1, 0.15) is 26.2 Å². The molecule has 1 heteroatoms. The minimum absolute atomic E-state index is 0.508. The van der Waals surface area contributed by atoms with Crippen LogP contribution >= 0.6 is 15.9 Å². The number of benzene rings is 5. The Labute approximate surface area is 219 Å². The van der Waals surface area contributed by atoms with Crippen molar-refractivity contribution in [1.29, 1.82) is 0 Å². The van der Waals surface area contributed by atoms with E-state index in [9.17, 15) is 0 Å². The number of hydrogen-bond donors (Lipinski definition) is 0. The first-order valence-corrected chi connectivity index (χ1v) is 13.7. The van der Waals surface area contributed by atoms with Crippen molar-refractivity contribution in [2.75, 3.05) is 0 Å². The van der Waals surface area contributed by atoms with Crippen molar-refractivity contribution in [2.45, 2.75) is 26.2 Å². The average molecular weight is 528 g/mol. The second-order valence-corrected chi connectivity index (χ2v) is 11.1. The molecule has 36 heavy (non-hydrogen) atoms. The van der Waals surface area contributed by atoms with Crippen LogP contribution < -0.4 is 20.9 Å². The van der Waals surface area contributed by atoms with E-state index in [0.29, 0.717) is 5.92 Å². The smallest absolute Gasteiger partial charge is 0.0181 e. The molecule has 2 aliphatic rings. The zero-order valence-electron chi connectivity index (χ0n) is 20.4. The topological polar surface area (TPSA) is 0 Å². The van der Waals surface area contributed by atoms with Crippen LogP contribution in [0.4, 0.5) is 0 Å². The Morgan fingerprint density at radius 3 is 2.36 bits per heavy atom. The lowest BCUT2D eigenvalue weighted by molar-refractivity contribution is 0.801. The van der Waals surface area contributed by atoms with E-state index >= 15 is 0 Å². The predicted octanol–water partition coefficient (Wildman–Crippen LogP) is 7.05. The van der Waals surface area contributed by atoms with Crippen LogP contribution in [0.25, 0.3) is 68.1 Å². The lowest BCUT2D eigenvalue weighted by atomic mass is 9.83. The fourth-order valence-electron chi connectivity index (χ4n) is 6.24. The van der Waals surface area contributed by atoms with E-state index in [1.165, 1.54) is 64.7 Å². The first-order chi connectivity index (χ1) is 17.7. The highest BCUT2D eigenvalue weighted by molar-refractivity contribution is 9.10. The van der Waals surface area contributed by atoms with E-state index in [2.05, 4.69) is 126 Å². The molecule has 7 rings (SSSR count). The molecule has 5 aromatic carbocycles.